The molecule has 0 bridgehead atoms. The summed E-state index contributed by atoms with van der Waals surface area (Å²) in [5.41, 5.74) is 0.0946. The van der Waals surface area contributed by atoms with Crippen LogP contribution in [-0.4, -0.2) is 31.8 Å². The Hall–Kier alpha value is -2.98. The second-order valence-electron chi connectivity index (χ2n) is 5.39. The molecule has 3 heterocycles. The number of amides is 1. The van der Waals surface area contributed by atoms with Gasteiger partial charge in [-0.2, -0.15) is 4.37 Å². The maximum absolute atomic E-state index is 12.2. The van der Waals surface area contributed by atoms with Gasteiger partial charge in [0.15, 0.2) is 5.17 Å². The summed E-state index contributed by atoms with van der Waals surface area (Å²) in [6.07, 6.45) is 7.49. The summed E-state index contributed by atoms with van der Waals surface area (Å²) in [6.45, 7) is 0.642. The molecular weight excluding hydrogens is 374 g/mol. The van der Waals surface area contributed by atoms with Crippen molar-refractivity contribution in [3.8, 4) is 0 Å². The van der Waals surface area contributed by atoms with Gasteiger partial charge in [0, 0.05) is 36.4 Å². The summed E-state index contributed by atoms with van der Waals surface area (Å²) in [5.74, 6) is -0.282. The van der Waals surface area contributed by atoms with Crippen LogP contribution < -0.4 is 15.1 Å². The highest BCUT2D eigenvalue weighted by Gasteiger charge is 2.25. The zero-order valence-electron chi connectivity index (χ0n) is 13.2. The molecule has 1 saturated heterocycles. The summed E-state index contributed by atoms with van der Waals surface area (Å²) in [7, 11) is 0. The third-order valence-electron chi connectivity index (χ3n) is 3.65. The molecule has 1 N–H and O–H groups in total. The first-order chi connectivity index (χ1) is 12.6. The Bertz CT molecular complexity index is 1090. The third kappa shape index (κ3) is 3.24. The number of aromatic nitrogens is 1. The zero-order chi connectivity index (χ0) is 18.1. The number of hydrogen-bond acceptors (Lipinski definition) is 8. The molecule has 0 radical (unpaired) electrons. The maximum atomic E-state index is 12.2. The number of nitrogens with one attached hydrogen (secondary N) is 1. The van der Waals surface area contributed by atoms with Crippen LogP contribution in [0.1, 0.15) is 0 Å². The number of nitro benzene ring substituents is 1. The minimum atomic E-state index is -0.497. The van der Waals surface area contributed by atoms with Crippen LogP contribution in [0.25, 0.3) is 12.3 Å². The number of aliphatic imine (C=N–C) groups is 1. The smallest absolute Gasteiger partial charge is 0.294 e. The fraction of sp³-hybridized carbons (Fsp3) is 0.0625. The molecule has 4 rings (SSSR count). The molecular formula is C16H11N5O3S2. The van der Waals surface area contributed by atoms with Gasteiger partial charge in [-0.05, 0) is 35.4 Å². The second-order valence-corrected chi connectivity index (χ2v) is 7.25. The fourth-order valence-corrected chi connectivity index (χ4v) is 3.93. The lowest BCUT2D eigenvalue weighted by Gasteiger charge is -2.15. The number of carbonyl (C=O) groups excluding carboxylic acids is 1. The normalized spacial score (nSPS) is 19.1. The lowest BCUT2D eigenvalue weighted by Crippen LogP contribution is -2.29. The summed E-state index contributed by atoms with van der Waals surface area (Å²) < 4.78 is 5.25. The predicted molar refractivity (Wildman–Crippen MR) is 101 cm³/mol. The van der Waals surface area contributed by atoms with Gasteiger partial charge in [0.1, 0.15) is 5.69 Å². The molecule has 0 saturated carbocycles. The summed E-state index contributed by atoms with van der Waals surface area (Å²) >= 11 is 2.58. The van der Waals surface area contributed by atoms with Crippen LogP contribution in [0.4, 0.5) is 11.4 Å². The molecule has 0 aliphatic carbocycles. The summed E-state index contributed by atoms with van der Waals surface area (Å²) in [6, 6.07) is 6.15. The molecule has 2 aliphatic heterocycles. The number of rotatable bonds is 3. The molecule has 8 nitrogen and oxygen atoms in total. The van der Waals surface area contributed by atoms with E-state index in [0.29, 0.717) is 16.6 Å². The minimum Gasteiger partial charge on any atom is -0.348 e. The van der Waals surface area contributed by atoms with Crippen molar-refractivity contribution in [2.24, 2.45) is 4.99 Å². The lowest BCUT2D eigenvalue weighted by atomic mass is 10.3. The first kappa shape index (κ1) is 16.5. The van der Waals surface area contributed by atoms with Crippen LogP contribution in [-0.2, 0) is 4.79 Å². The highest BCUT2D eigenvalue weighted by molar-refractivity contribution is 8.18. The number of fused-ring (bicyclic) bond motifs is 1. The Labute approximate surface area is 155 Å². The number of thioether (sulfide) groups is 1. The summed E-state index contributed by atoms with van der Waals surface area (Å²) in [4.78, 5) is 29.4. The highest BCUT2D eigenvalue weighted by atomic mass is 32.2. The average Bonchev–Trinajstić information content (AvgIpc) is 3.21. The molecule has 2 aliphatic rings. The zero-order valence-corrected chi connectivity index (χ0v) is 14.8. The van der Waals surface area contributed by atoms with Gasteiger partial charge in [0.05, 0.1) is 14.4 Å². The van der Waals surface area contributed by atoms with Crippen LogP contribution in [0.5, 0.6) is 0 Å². The van der Waals surface area contributed by atoms with Crippen molar-refractivity contribution in [3.05, 3.63) is 61.4 Å². The van der Waals surface area contributed by atoms with E-state index < -0.39 is 4.92 Å². The van der Waals surface area contributed by atoms with Crippen molar-refractivity contribution < 1.29 is 9.72 Å². The maximum Gasteiger partial charge on any atom is 0.294 e. The molecule has 1 aromatic heterocycles. The van der Waals surface area contributed by atoms with Crippen molar-refractivity contribution in [1.29, 1.82) is 0 Å². The molecule has 130 valence electrons. The van der Waals surface area contributed by atoms with Gasteiger partial charge >= 0.3 is 0 Å². The SMILES string of the molecule is O=C1NC(=Nc2ccccc2[N+](=O)[O-])S/C1=C\N1C=c2cnsc2=CC1. The molecule has 1 amide bonds. The Balaban J connectivity index is 1.59. The first-order valence-electron chi connectivity index (χ1n) is 7.52. The Kier molecular flexibility index (Phi) is 4.27. The predicted octanol–water partition coefficient (Wildman–Crippen LogP) is 1.28. The van der Waals surface area contributed by atoms with Crippen molar-refractivity contribution in [2.75, 3.05) is 6.54 Å². The third-order valence-corrected chi connectivity index (χ3v) is 5.36. The standard InChI is InChI=1S/C16H11N5O3S2/c22-15-14(9-20-6-5-13-10(8-20)7-17-26-13)25-16(19-15)18-11-3-1-2-4-12(11)21(23)24/h1-5,7-9H,6H2,(H,18,19,22)/b14-9-. The molecule has 0 unspecified atom stereocenters. The Morgan fingerprint density at radius 1 is 1.38 bits per heavy atom. The van der Waals surface area contributed by atoms with E-state index in [9.17, 15) is 14.9 Å². The molecule has 1 fully saturated rings. The van der Waals surface area contributed by atoms with Crippen molar-refractivity contribution in [3.63, 3.8) is 0 Å². The Morgan fingerprint density at radius 3 is 3.08 bits per heavy atom. The minimum absolute atomic E-state index is 0.108. The van der Waals surface area contributed by atoms with Gasteiger partial charge in [0.25, 0.3) is 11.6 Å². The van der Waals surface area contributed by atoms with Gasteiger partial charge in [-0.1, -0.05) is 12.1 Å². The van der Waals surface area contributed by atoms with Crippen LogP contribution in [0.2, 0.25) is 0 Å². The van der Waals surface area contributed by atoms with Crippen molar-refractivity contribution in [1.82, 2.24) is 14.6 Å². The van der Waals surface area contributed by atoms with Gasteiger partial charge < -0.3 is 10.2 Å². The summed E-state index contributed by atoms with van der Waals surface area (Å²) in [5, 5.41) is 15.0. The van der Waals surface area contributed by atoms with Gasteiger partial charge in [0.2, 0.25) is 0 Å². The van der Waals surface area contributed by atoms with Crippen LogP contribution in [0, 0.1) is 10.1 Å². The van der Waals surface area contributed by atoms with Gasteiger partial charge in [-0.3, -0.25) is 14.9 Å². The monoisotopic (exact) mass is 385 g/mol. The van der Waals surface area contributed by atoms with Gasteiger partial charge in [-0.15, -0.1) is 0 Å². The quantitative estimate of drug-likeness (QED) is 0.485. The Morgan fingerprint density at radius 2 is 2.23 bits per heavy atom. The van der Waals surface area contributed by atoms with E-state index >= 15 is 0 Å². The van der Waals surface area contributed by atoms with E-state index in [1.165, 1.54) is 23.7 Å². The number of nitrogens with zero attached hydrogens (tertiary/aromatic N) is 4. The van der Waals surface area contributed by atoms with Crippen LogP contribution in [0.3, 0.4) is 0 Å². The number of para-hydroxylation sites is 2. The van der Waals surface area contributed by atoms with Crippen LogP contribution >= 0.6 is 23.3 Å². The van der Waals surface area contributed by atoms with Gasteiger partial charge in [-0.25, -0.2) is 4.99 Å². The van der Waals surface area contributed by atoms with Crippen molar-refractivity contribution >= 4 is 58.0 Å². The van der Waals surface area contributed by atoms with E-state index in [0.717, 1.165) is 21.5 Å². The fourth-order valence-electron chi connectivity index (χ4n) is 2.46. The van der Waals surface area contributed by atoms with E-state index in [2.05, 4.69) is 14.7 Å². The molecule has 0 atom stereocenters. The largest absolute Gasteiger partial charge is 0.348 e. The number of nitro groups is 1. The molecule has 26 heavy (non-hydrogen) atoms. The second kappa shape index (κ2) is 6.73. The number of hydrogen-bond donors (Lipinski definition) is 1. The van der Waals surface area contributed by atoms with Crippen molar-refractivity contribution in [2.45, 2.75) is 0 Å². The first-order valence-corrected chi connectivity index (χ1v) is 9.11. The lowest BCUT2D eigenvalue weighted by molar-refractivity contribution is -0.384. The van der Waals surface area contributed by atoms with E-state index in [1.807, 2.05) is 17.2 Å². The number of carbonyl (C=O) groups is 1. The van der Waals surface area contributed by atoms with Crippen LogP contribution in [0.15, 0.2) is 46.6 Å². The average molecular weight is 385 g/mol. The topological polar surface area (TPSA) is 101 Å². The van der Waals surface area contributed by atoms with E-state index in [1.54, 1.807) is 24.5 Å². The molecule has 0 spiro atoms. The molecule has 1 aromatic carbocycles. The van der Waals surface area contributed by atoms with E-state index in [-0.39, 0.29) is 17.3 Å². The highest BCUT2D eigenvalue weighted by Crippen LogP contribution is 2.31. The molecule has 10 heteroatoms. The number of benzene rings is 1. The molecule has 2 aromatic rings. The van der Waals surface area contributed by atoms with E-state index in [4.69, 9.17) is 0 Å². The number of amidine groups is 1.